The minimum absolute atomic E-state index is 0.0308. The highest BCUT2D eigenvalue weighted by Gasteiger charge is 2.41. The molecule has 1 fully saturated rings. The van der Waals surface area contributed by atoms with E-state index >= 15 is 0 Å². The molecular formula is C28H30ClF4N3O6. The molecule has 2 heterocycles. The van der Waals surface area contributed by atoms with E-state index in [9.17, 15) is 31.9 Å². The number of amides is 3. The van der Waals surface area contributed by atoms with Crippen molar-refractivity contribution in [2.45, 2.75) is 70.7 Å². The number of halogens is 5. The minimum atomic E-state index is -4.84. The van der Waals surface area contributed by atoms with Crippen molar-refractivity contribution in [2.75, 3.05) is 13.2 Å². The first-order chi connectivity index (χ1) is 19.6. The number of fused-ring (bicyclic) bond motifs is 1. The molecule has 3 amide bonds. The number of nitrogens with zero attached hydrogens (tertiary/aromatic N) is 2. The number of rotatable bonds is 6. The van der Waals surface area contributed by atoms with Gasteiger partial charge in [-0.15, -0.1) is 13.2 Å². The normalized spacial score (nSPS) is 18.8. The van der Waals surface area contributed by atoms with E-state index in [1.165, 1.54) is 40.1 Å². The SMILES string of the molecule is CC(C)(C)OC(=O)N1C[C@@H](NC(=O)COc2ccc(Cl)c(F)c2)CC[C@@H]1C(=O)N1Cc2ccc(OC(F)(F)F)cc2C1. The lowest BCUT2D eigenvalue weighted by Gasteiger charge is -2.40. The summed E-state index contributed by atoms with van der Waals surface area (Å²) in [6.07, 6.45) is -5.04. The fourth-order valence-corrected chi connectivity index (χ4v) is 4.90. The van der Waals surface area contributed by atoms with Crippen molar-refractivity contribution < 1.29 is 46.2 Å². The van der Waals surface area contributed by atoms with Crippen molar-refractivity contribution >= 4 is 29.5 Å². The Morgan fingerprint density at radius 2 is 1.69 bits per heavy atom. The molecule has 0 bridgehead atoms. The number of hydrogen-bond acceptors (Lipinski definition) is 6. The standard InChI is InChI=1S/C28H30ClF4N3O6/c1-27(2,3)42-26(39)36-14-18(34-24(37)15-40-19-7-8-21(29)22(30)11-19)5-9-23(36)25(38)35-12-16-4-6-20(10-17(16)13-35)41-28(31,32)33/h4,6-8,10-11,18,23H,5,9,12-15H2,1-3H3,(H,34,37)/t18-,23+/m0/s1. The van der Waals surface area contributed by atoms with E-state index in [-0.39, 0.29) is 42.6 Å². The second-order valence-corrected chi connectivity index (χ2v) is 11.4. The number of carbonyl (C=O) groups is 3. The molecular weight excluding hydrogens is 586 g/mol. The van der Waals surface area contributed by atoms with E-state index < -0.39 is 54.4 Å². The fourth-order valence-electron chi connectivity index (χ4n) is 4.79. The van der Waals surface area contributed by atoms with Gasteiger partial charge in [-0.2, -0.15) is 0 Å². The van der Waals surface area contributed by atoms with Gasteiger partial charge < -0.3 is 24.4 Å². The Kier molecular flexibility index (Phi) is 9.09. The van der Waals surface area contributed by atoms with Crippen LogP contribution in [-0.4, -0.2) is 64.9 Å². The van der Waals surface area contributed by atoms with Crippen molar-refractivity contribution in [3.8, 4) is 11.5 Å². The van der Waals surface area contributed by atoms with E-state index in [1.54, 1.807) is 20.8 Å². The van der Waals surface area contributed by atoms with Crippen LogP contribution >= 0.6 is 11.6 Å². The lowest BCUT2D eigenvalue weighted by Crippen LogP contribution is -2.59. The third-order valence-corrected chi connectivity index (χ3v) is 6.87. The average molecular weight is 616 g/mol. The number of benzene rings is 2. The van der Waals surface area contributed by atoms with Crippen molar-refractivity contribution in [2.24, 2.45) is 0 Å². The molecule has 0 aliphatic carbocycles. The summed E-state index contributed by atoms with van der Waals surface area (Å²) in [5, 5.41) is 2.68. The Hall–Kier alpha value is -3.74. The van der Waals surface area contributed by atoms with Crippen molar-refractivity contribution in [3.05, 3.63) is 58.4 Å². The number of carbonyl (C=O) groups excluding carboxylic acids is 3. The first-order valence-electron chi connectivity index (χ1n) is 13.1. The van der Waals surface area contributed by atoms with E-state index in [1.807, 2.05) is 0 Å². The highest BCUT2D eigenvalue weighted by atomic mass is 35.5. The summed E-state index contributed by atoms with van der Waals surface area (Å²) in [5.41, 5.74) is 0.320. The zero-order chi connectivity index (χ0) is 30.8. The predicted octanol–water partition coefficient (Wildman–Crippen LogP) is 5.18. The fraction of sp³-hybridized carbons (Fsp3) is 0.464. The summed E-state index contributed by atoms with van der Waals surface area (Å²) in [7, 11) is 0. The quantitative estimate of drug-likeness (QED) is 0.450. The van der Waals surface area contributed by atoms with Gasteiger partial charge in [-0.3, -0.25) is 14.5 Å². The second-order valence-electron chi connectivity index (χ2n) is 11.0. The molecule has 4 rings (SSSR count). The lowest BCUT2D eigenvalue weighted by atomic mass is 9.97. The molecule has 1 saturated heterocycles. The molecule has 228 valence electrons. The molecule has 9 nitrogen and oxygen atoms in total. The largest absolute Gasteiger partial charge is 0.573 e. The van der Waals surface area contributed by atoms with E-state index in [0.29, 0.717) is 17.5 Å². The first-order valence-corrected chi connectivity index (χ1v) is 13.5. The van der Waals surface area contributed by atoms with Gasteiger partial charge in [0.25, 0.3) is 5.91 Å². The number of alkyl halides is 3. The van der Waals surface area contributed by atoms with Crippen LogP contribution < -0.4 is 14.8 Å². The molecule has 14 heteroatoms. The Bertz CT molecular complexity index is 1350. The predicted molar refractivity (Wildman–Crippen MR) is 142 cm³/mol. The summed E-state index contributed by atoms with van der Waals surface area (Å²) >= 11 is 5.66. The zero-order valence-electron chi connectivity index (χ0n) is 23.1. The Morgan fingerprint density at radius 3 is 2.36 bits per heavy atom. The number of piperidine rings is 1. The van der Waals surface area contributed by atoms with E-state index in [0.717, 1.165) is 6.07 Å². The molecule has 2 aliphatic heterocycles. The summed E-state index contributed by atoms with van der Waals surface area (Å²) in [6, 6.07) is 6.23. The molecule has 42 heavy (non-hydrogen) atoms. The van der Waals surface area contributed by atoms with Gasteiger partial charge in [0.1, 0.15) is 29.0 Å². The van der Waals surface area contributed by atoms with Gasteiger partial charge in [0, 0.05) is 31.7 Å². The molecule has 2 aliphatic rings. The van der Waals surface area contributed by atoms with Gasteiger partial charge in [-0.05, 0) is 69.0 Å². The van der Waals surface area contributed by atoms with Gasteiger partial charge in [0.05, 0.1) is 5.02 Å². The van der Waals surface area contributed by atoms with Gasteiger partial charge >= 0.3 is 12.5 Å². The van der Waals surface area contributed by atoms with Gasteiger partial charge in [-0.1, -0.05) is 17.7 Å². The van der Waals surface area contributed by atoms with Crippen LogP contribution in [-0.2, 0) is 27.4 Å². The Balaban J connectivity index is 1.41. The minimum Gasteiger partial charge on any atom is -0.484 e. The molecule has 0 radical (unpaired) electrons. The zero-order valence-corrected chi connectivity index (χ0v) is 23.9. The molecule has 0 unspecified atom stereocenters. The summed E-state index contributed by atoms with van der Waals surface area (Å²) < 4.78 is 66.4. The van der Waals surface area contributed by atoms with Gasteiger partial charge in [0.15, 0.2) is 6.61 Å². The van der Waals surface area contributed by atoms with Crippen LogP contribution in [0.2, 0.25) is 5.02 Å². The maximum atomic E-state index is 13.6. The van der Waals surface area contributed by atoms with Crippen molar-refractivity contribution in [3.63, 3.8) is 0 Å². The summed E-state index contributed by atoms with van der Waals surface area (Å²) in [5.74, 6) is -1.88. The van der Waals surface area contributed by atoms with Crippen molar-refractivity contribution in [1.82, 2.24) is 15.1 Å². The number of nitrogens with one attached hydrogen (secondary N) is 1. The number of likely N-dealkylation sites (tertiary alicyclic amines) is 1. The summed E-state index contributed by atoms with van der Waals surface area (Å²) in [4.78, 5) is 42.1. The summed E-state index contributed by atoms with van der Waals surface area (Å²) in [6.45, 7) is 4.79. The smallest absolute Gasteiger partial charge is 0.484 e. The van der Waals surface area contributed by atoms with E-state index in [4.69, 9.17) is 21.1 Å². The molecule has 2 aromatic carbocycles. The van der Waals surface area contributed by atoms with Gasteiger partial charge in [-0.25, -0.2) is 9.18 Å². The topological polar surface area (TPSA) is 97.4 Å². The molecule has 2 aromatic rings. The third-order valence-electron chi connectivity index (χ3n) is 6.57. The Labute approximate surface area is 244 Å². The van der Waals surface area contributed by atoms with Crippen LogP contribution in [0.5, 0.6) is 11.5 Å². The van der Waals surface area contributed by atoms with Crippen LogP contribution in [0.4, 0.5) is 22.4 Å². The maximum Gasteiger partial charge on any atom is 0.573 e. The highest BCUT2D eigenvalue weighted by Crippen LogP contribution is 2.32. The Morgan fingerprint density at radius 1 is 1.00 bits per heavy atom. The van der Waals surface area contributed by atoms with Crippen LogP contribution in [0.25, 0.3) is 0 Å². The van der Waals surface area contributed by atoms with Crippen LogP contribution in [0.15, 0.2) is 36.4 Å². The monoisotopic (exact) mass is 615 g/mol. The highest BCUT2D eigenvalue weighted by molar-refractivity contribution is 6.30. The maximum absolute atomic E-state index is 13.6. The molecule has 0 saturated carbocycles. The molecule has 1 N–H and O–H groups in total. The van der Waals surface area contributed by atoms with Crippen LogP contribution in [0.1, 0.15) is 44.7 Å². The average Bonchev–Trinajstić information content (AvgIpc) is 3.30. The van der Waals surface area contributed by atoms with Crippen molar-refractivity contribution in [1.29, 1.82) is 0 Å². The van der Waals surface area contributed by atoms with Crippen LogP contribution in [0, 0.1) is 5.82 Å². The number of hydrogen-bond donors (Lipinski definition) is 1. The molecule has 2 atom stereocenters. The van der Waals surface area contributed by atoms with Gasteiger partial charge in [0.2, 0.25) is 5.91 Å². The molecule has 0 spiro atoms. The van der Waals surface area contributed by atoms with Crippen LogP contribution in [0.3, 0.4) is 0 Å². The third kappa shape index (κ3) is 8.17. The molecule has 0 aromatic heterocycles. The first kappa shape index (κ1) is 31.2. The lowest BCUT2D eigenvalue weighted by molar-refractivity contribution is -0.274. The van der Waals surface area contributed by atoms with E-state index in [2.05, 4.69) is 10.1 Å². The number of ether oxygens (including phenoxy) is 3. The second kappa shape index (κ2) is 12.2.